The quantitative estimate of drug-likeness (QED) is 0.598. The number of ketones is 1. The molecular weight excluding hydrogens is 350 g/mol. The third-order valence-electron chi connectivity index (χ3n) is 3.35. The SMILES string of the molecule is CCn1c(NC(=O)OCc2ccccc2)c(C(=O)CCl)c(=O)[nH]c1=O. The first-order chi connectivity index (χ1) is 12.0. The number of carbonyl (C=O) groups excluding carboxylic acids is 2. The van der Waals surface area contributed by atoms with E-state index in [4.69, 9.17) is 16.3 Å². The lowest BCUT2D eigenvalue weighted by atomic mass is 10.2. The Morgan fingerprint density at radius 1 is 1.24 bits per heavy atom. The molecule has 1 aromatic heterocycles. The summed E-state index contributed by atoms with van der Waals surface area (Å²) < 4.78 is 6.10. The zero-order valence-corrected chi connectivity index (χ0v) is 14.1. The number of alkyl halides is 1. The molecular formula is C16H16ClN3O5. The van der Waals surface area contributed by atoms with Gasteiger partial charge in [-0.1, -0.05) is 30.3 Å². The predicted octanol–water partition coefficient (Wildman–Crippen LogP) is 1.73. The molecule has 2 rings (SSSR count). The van der Waals surface area contributed by atoms with Crippen LogP contribution in [0, 0.1) is 0 Å². The molecule has 1 amide bonds. The second kappa shape index (κ2) is 8.29. The Morgan fingerprint density at radius 2 is 1.92 bits per heavy atom. The molecule has 1 aromatic carbocycles. The van der Waals surface area contributed by atoms with Gasteiger partial charge in [0.05, 0.1) is 5.88 Å². The van der Waals surface area contributed by atoms with Gasteiger partial charge < -0.3 is 4.74 Å². The van der Waals surface area contributed by atoms with E-state index in [0.717, 1.165) is 10.1 Å². The zero-order chi connectivity index (χ0) is 18.4. The highest BCUT2D eigenvalue weighted by molar-refractivity contribution is 6.31. The summed E-state index contributed by atoms with van der Waals surface area (Å²) >= 11 is 5.51. The molecule has 0 aliphatic rings. The first-order valence-corrected chi connectivity index (χ1v) is 7.95. The topological polar surface area (TPSA) is 110 Å². The largest absolute Gasteiger partial charge is 0.444 e. The van der Waals surface area contributed by atoms with Crippen molar-refractivity contribution < 1.29 is 14.3 Å². The fraction of sp³-hybridized carbons (Fsp3) is 0.250. The zero-order valence-electron chi connectivity index (χ0n) is 13.4. The van der Waals surface area contributed by atoms with Crippen LogP contribution in [0.25, 0.3) is 0 Å². The molecule has 0 fully saturated rings. The molecule has 0 radical (unpaired) electrons. The van der Waals surface area contributed by atoms with E-state index in [2.05, 4.69) is 5.32 Å². The summed E-state index contributed by atoms with van der Waals surface area (Å²) in [5, 5.41) is 2.30. The monoisotopic (exact) mass is 365 g/mol. The number of amides is 1. The number of H-pyrrole nitrogens is 1. The number of rotatable bonds is 6. The predicted molar refractivity (Wildman–Crippen MR) is 92.3 cm³/mol. The third-order valence-corrected chi connectivity index (χ3v) is 3.59. The van der Waals surface area contributed by atoms with Crippen LogP contribution in [0.1, 0.15) is 22.8 Å². The number of ether oxygens (including phenoxy) is 1. The standard InChI is InChI=1S/C16H16ClN3O5/c1-2-20-13(12(11(21)8-17)14(22)19-15(20)23)18-16(24)25-9-10-6-4-3-5-7-10/h3-7H,2,8-9H2,1H3,(H,18,24)(H,19,22,23). The van der Waals surface area contributed by atoms with E-state index in [1.54, 1.807) is 31.2 Å². The second-order valence-corrected chi connectivity index (χ2v) is 5.24. The maximum absolute atomic E-state index is 12.0. The highest BCUT2D eigenvalue weighted by atomic mass is 35.5. The number of hydrogen-bond donors (Lipinski definition) is 2. The minimum Gasteiger partial charge on any atom is -0.444 e. The fourth-order valence-electron chi connectivity index (χ4n) is 2.18. The molecule has 0 saturated carbocycles. The summed E-state index contributed by atoms with van der Waals surface area (Å²) in [6, 6.07) is 8.94. The Hall–Kier alpha value is -2.87. The Balaban J connectivity index is 2.30. The number of aromatic nitrogens is 2. The molecule has 0 saturated heterocycles. The molecule has 0 aliphatic heterocycles. The number of benzene rings is 1. The Labute approximate surface area is 147 Å². The molecule has 2 aromatic rings. The van der Waals surface area contributed by atoms with E-state index >= 15 is 0 Å². The molecule has 1 heterocycles. The van der Waals surface area contributed by atoms with Gasteiger partial charge >= 0.3 is 11.8 Å². The summed E-state index contributed by atoms with van der Waals surface area (Å²) in [5.41, 5.74) is -1.31. The van der Waals surface area contributed by atoms with Gasteiger partial charge in [-0.05, 0) is 12.5 Å². The van der Waals surface area contributed by atoms with Crippen LogP contribution in [0.4, 0.5) is 10.6 Å². The van der Waals surface area contributed by atoms with Crippen LogP contribution < -0.4 is 16.6 Å². The van der Waals surface area contributed by atoms with Gasteiger partial charge in [0.1, 0.15) is 18.0 Å². The average molecular weight is 366 g/mol. The van der Waals surface area contributed by atoms with Crippen molar-refractivity contribution in [2.75, 3.05) is 11.2 Å². The van der Waals surface area contributed by atoms with Crippen LogP contribution in [0.3, 0.4) is 0 Å². The molecule has 8 nitrogen and oxygen atoms in total. The highest BCUT2D eigenvalue weighted by Gasteiger charge is 2.22. The number of nitrogens with one attached hydrogen (secondary N) is 2. The average Bonchev–Trinajstić information content (AvgIpc) is 2.60. The first-order valence-electron chi connectivity index (χ1n) is 7.41. The summed E-state index contributed by atoms with van der Waals surface area (Å²) in [4.78, 5) is 49.8. The van der Waals surface area contributed by atoms with Gasteiger partial charge in [0.2, 0.25) is 0 Å². The summed E-state index contributed by atoms with van der Waals surface area (Å²) in [7, 11) is 0. The highest BCUT2D eigenvalue weighted by Crippen LogP contribution is 2.12. The molecule has 0 atom stereocenters. The van der Waals surface area contributed by atoms with E-state index in [9.17, 15) is 19.2 Å². The van der Waals surface area contributed by atoms with Gasteiger partial charge in [-0.2, -0.15) is 0 Å². The van der Waals surface area contributed by atoms with Gasteiger partial charge in [0, 0.05) is 6.54 Å². The van der Waals surface area contributed by atoms with Gasteiger partial charge in [0.25, 0.3) is 5.56 Å². The van der Waals surface area contributed by atoms with Crippen LogP contribution in [0.5, 0.6) is 0 Å². The normalized spacial score (nSPS) is 10.3. The van der Waals surface area contributed by atoms with Gasteiger partial charge in [-0.15, -0.1) is 11.6 Å². The van der Waals surface area contributed by atoms with Crippen LogP contribution in [0.15, 0.2) is 39.9 Å². The minimum absolute atomic E-state index is 0.00892. The molecule has 9 heteroatoms. The third kappa shape index (κ3) is 4.36. The lowest BCUT2D eigenvalue weighted by Gasteiger charge is -2.14. The number of Topliss-reactive ketones (excluding diaryl/α,β-unsaturated/α-hetero) is 1. The van der Waals surface area contributed by atoms with Crippen LogP contribution in [-0.4, -0.2) is 27.3 Å². The summed E-state index contributed by atoms with van der Waals surface area (Å²) in [6.07, 6.45) is -0.903. The van der Waals surface area contributed by atoms with Crippen molar-refractivity contribution in [3.63, 3.8) is 0 Å². The molecule has 25 heavy (non-hydrogen) atoms. The van der Waals surface area contributed by atoms with Gasteiger partial charge in [0.15, 0.2) is 5.78 Å². The smallest absolute Gasteiger partial charge is 0.413 e. The van der Waals surface area contributed by atoms with E-state index < -0.39 is 34.6 Å². The second-order valence-electron chi connectivity index (χ2n) is 4.97. The van der Waals surface area contributed by atoms with E-state index in [1.165, 1.54) is 0 Å². The van der Waals surface area contributed by atoms with Gasteiger partial charge in [-0.3, -0.25) is 24.5 Å². The lowest BCUT2D eigenvalue weighted by molar-refractivity contribution is 0.101. The van der Waals surface area contributed by atoms with Crippen LogP contribution >= 0.6 is 11.6 Å². The minimum atomic E-state index is -0.918. The maximum atomic E-state index is 12.0. The van der Waals surface area contributed by atoms with Crippen molar-refractivity contribution in [1.29, 1.82) is 0 Å². The number of nitrogens with zero attached hydrogens (tertiary/aromatic N) is 1. The Morgan fingerprint density at radius 3 is 2.52 bits per heavy atom. The molecule has 0 aliphatic carbocycles. The maximum Gasteiger partial charge on any atom is 0.413 e. The fourth-order valence-corrected chi connectivity index (χ4v) is 2.32. The molecule has 2 N–H and O–H groups in total. The van der Waals surface area contributed by atoms with E-state index in [1.807, 2.05) is 11.1 Å². The first kappa shape index (κ1) is 18.5. The molecule has 0 bridgehead atoms. The molecule has 132 valence electrons. The number of halogens is 1. The Kier molecular flexibility index (Phi) is 6.13. The number of carbonyl (C=O) groups is 2. The van der Waals surface area contributed by atoms with Crippen molar-refractivity contribution in [2.24, 2.45) is 0 Å². The lowest BCUT2D eigenvalue weighted by Crippen LogP contribution is -2.37. The Bertz CT molecular complexity index is 889. The van der Waals surface area contributed by atoms with E-state index in [-0.39, 0.29) is 19.0 Å². The summed E-state index contributed by atoms with van der Waals surface area (Å²) in [6.45, 7) is 1.73. The van der Waals surface area contributed by atoms with Crippen LogP contribution in [0.2, 0.25) is 0 Å². The molecule has 0 unspecified atom stereocenters. The van der Waals surface area contributed by atoms with E-state index in [0.29, 0.717) is 0 Å². The molecule has 0 spiro atoms. The van der Waals surface area contributed by atoms with Crippen molar-refractivity contribution >= 4 is 29.3 Å². The van der Waals surface area contributed by atoms with Crippen molar-refractivity contribution in [2.45, 2.75) is 20.1 Å². The summed E-state index contributed by atoms with van der Waals surface area (Å²) in [5.74, 6) is -1.43. The van der Waals surface area contributed by atoms with Gasteiger partial charge in [-0.25, -0.2) is 9.59 Å². The number of hydrogen-bond acceptors (Lipinski definition) is 5. The van der Waals surface area contributed by atoms with Crippen molar-refractivity contribution in [3.8, 4) is 0 Å². The number of anilines is 1. The van der Waals surface area contributed by atoms with Crippen molar-refractivity contribution in [3.05, 3.63) is 62.3 Å². The number of aromatic amines is 1. The van der Waals surface area contributed by atoms with Crippen molar-refractivity contribution in [1.82, 2.24) is 9.55 Å². The van der Waals surface area contributed by atoms with Crippen LogP contribution in [-0.2, 0) is 17.9 Å².